The maximum absolute atomic E-state index is 11.5. The van der Waals surface area contributed by atoms with Crippen molar-refractivity contribution in [2.75, 3.05) is 13.1 Å². The Labute approximate surface area is 128 Å². The molecule has 1 aromatic carbocycles. The van der Waals surface area contributed by atoms with Gasteiger partial charge in [-0.3, -0.25) is 9.69 Å². The molecule has 0 bridgehead atoms. The molecule has 1 aliphatic heterocycles. The fourth-order valence-corrected chi connectivity index (χ4v) is 3.65. The van der Waals surface area contributed by atoms with Gasteiger partial charge in [0.15, 0.2) is 0 Å². The average molecular weight is 289 g/mol. The molecular weight excluding hydrogens is 262 g/mol. The van der Waals surface area contributed by atoms with Gasteiger partial charge in [0.1, 0.15) is 0 Å². The fourth-order valence-electron chi connectivity index (χ4n) is 3.65. The predicted molar refractivity (Wildman–Crippen MR) is 85.6 cm³/mol. The summed E-state index contributed by atoms with van der Waals surface area (Å²) < 4.78 is 0. The zero-order valence-corrected chi connectivity index (χ0v) is 13.5. The van der Waals surface area contributed by atoms with Gasteiger partial charge in [0.2, 0.25) is 0 Å². The van der Waals surface area contributed by atoms with Gasteiger partial charge in [-0.25, -0.2) is 0 Å². The van der Waals surface area contributed by atoms with E-state index in [0.29, 0.717) is 0 Å². The highest BCUT2D eigenvalue weighted by molar-refractivity contribution is 5.69. The van der Waals surface area contributed by atoms with Crippen LogP contribution in [0.3, 0.4) is 0 Å². The highest BCUT2D eigenvalue weighted by atomic mass is 16.4. The Morgan fingerprint density at radius 1 is 1.19 bits per heavy atom. The number of likely N-dealkylation sites (tertiary alicyclic amines) is 1. The zero-order valence-electron chi connectivity index (χ0n) is 13.5. The van der Waals surface area contributed by atoms with Gasteiger partial charge in [0.25, 0.3) is 0 Å². The first-order valence-electron chi connectivity index (χ1n) is 7.98. The van der Waals surface area contributed by atoms with Gasteiger partial charge in [-0.05, 0) is 57.8 Å². The standard InChI is InChI=1S/C18H27NO2/c1-14-8-9-16(15(2)12-14)18(3,13-17(20)21)19-10-6-4-5-7-11-19/h8-9,12H,4-7,10-11,13H2,1-3H3,(H,20,21). The molecule has 0 radical (unpaired) electrons. The summed E-state index contributed by atoms with van der Waals surface area (Å²) in [4.78, 5) is 13.9. The number of carbonyl (C=O) groups is 1. The lowest BCUT2D eigenvalue weighted by atomic mass is 9.83. The highest BCUT2D eigenvalue weighted by Gasteiger charge is 2.37. The molecule has 0 spiro atoms. The molecule has 1 N–H and O–H groups in total. The molecule has 1 fully saturated rings. The van der Waals surface area contributed by atoms with Crippen molar-refractivity contribution in [1.82, 2.24) is 4.90 Å². The molecule has 3 heteroatoms. The van der Waals surface area contributed by atoms with Gasteiger partial charge in [-0.2, -0.15) is 0 Å². The number of hydrogen-bond acceptors (Lipinski definition) is 2. The maximum atomic E-state index is 11.5. The number of rotatable bonds is 4. The molecule has 0 aliphatic carbocycles. The number of aryl methyl sites for hydroxylation is 2. The summed E-state index contributed by atoms with van der Waals surface area (Å²) in [7, 11) is 0. The molecular formula is C18H27NO2. The van der Waals surface area contributed by atoms with Gasteiger partial charge in [-0.15, -0.1) is 0 Å². The SMILES string of the molecule is Cc1ccc(C(C)(CC(=O)O)N2CCCCCC2)c(C)c1. The summed E-state index contributed by atoms with van der Waals surface area (Å²) in [5, 5.41) is 9.43. The molecule has 0 saturated carbocycles. The molecule has 0 amide bonds. The Bertz CT molecular complexity index is 504. The normalized spacial score (nSPS) is 19.8. The lowest BCUT2D eigenvalue weighted by Crippen LogP contribution is -2.46. The van der Waals surface area contributed by atoms with Crippen molar-refractivity contribution in [1.29, 1.82) is 0 Å². The van der Waals surface area contributed by atoms with Gasteiger partial charge in [0.05, 0.1) is 12.0 Å². The van der Waals surface area contributed by atoms with Crippen molar-refractivity contribution in [2.45, 2.75) is 58.4 Å². The van der Waals surface area contributed by atoms with E-state index in [9.17, 15) is 9.90 Å². The van der Waals surface area contributed by atoms with Crippen molar-refractivity contribution in [3.63, 3.8) is 0 Å². The van der Waals surface area contributed by atoms with Gasteiger partial charge < -0.3 is 5.11 Å². The van der Waals surface area contributed by atoms with Crippen molar-refractivity contribution in [2.24, 2.45) is 0 Å². The Morgan fingerprint density at radius 3 is 2.33 bits per heavy atom. The Balaban J connectivity index is 2.41. The van der Waals surface area contributed by atoms with Crippen LogP contribution in [-0.4, -0.2) is 29.1 Å². The van der Waals surface area contributed by atoms with Crippen LogP contribution in [0.15, 0.2) is 18.2 Å². The summed E-state index contributed by atoms with van der Waals surface area (Å²) in [6.45, 7) is 8.27. The summed E-state index contributed by atoms with van der Waals surface area (Å²) in [6.07, 6.45) is 5.01. The zero-order chi connectivity index (χ0) is 15.5. The Morgan fingerprint density at radius 2 is 1.81 bits per heavy atom. The van der Waals surface area contributed by atoms with E-state index in [0.717, 1.165) is 18.7 Å². The van der Waals surface area contributed by atoms with E-state index in [1.165, 1.54) is 36.8 Å². The molecule has 1 saturated heterocycles. The summed E-state index contributed by atoms with van der Waals surface area (Å²) >= 11 is 0. The molecule has 1 aliphatic rings. The van der Waals surface area contributed by atoms with Crippen LogP contribution in [0.1, 0.15) is 55.7 Å². The van der Waals surface area contributed by atoms with Crippen LogP contribution in [-0.2, 0) is 10.3 Å². The minimum Gasteiger partial charge on any atom is -0.481 e. The minimum atomic E-state index is -0.721. The molecule has 1 aromatic rings. The largest absolute Gasteiger partial charge is 0.481 e. The molecule has 21 heavy (non-hydrogen) atoms. The second-order valence-electron chi connectivity index (χ2n) is 6.56. The number of nitrogens with zero attached hydrogens (tertiary/aromatic N) is 1. The van der Waals surface area contributed by atoms with E-state index < -0.39 is 11.5 Å². The number of benzene rings is 1. The third-order valence-corrected chi connectivity index (χ3v) is 4.76. The first-order valence-corrected chi connectivity index (χ1v) is 7.98. The van der Waals surface area contributed by atoms with Crippen LogP contribution in [0.25, 0.3) is 0 Å². The van der Waals surface area contributed by atoms with Gasteiger partial charge >= 0.3 is 5.97 Å². The molecule has 1 unspecified atom stereocenters. The van der Waals surface area contributed by atoms with Crippen molar-refractivity contribution < 1.29 is 9.90 Å². The molecule has 1 heterocycles. The third kappa shape index (κ3) is 3.65. The number of carboxylic acid groups (broad SMARTS) is 1. The Hall–Kier alpha value is -1.35. The third-order valence-electron chi connectivity index (χ3n) is 4.76. The highest BCUT2D eigenvalue weighted by Crippen LogP contribution is 2.36. The first kappa shape index (κ1) is 16.0. The molecule has 0 aromatic heterocycles. The number of aliphatic carboxylic acids is 1. The Kier molecular flexibility index (Phi) is 5.04. The van der Waals surface area contributed by atoms with Crippen LogP contribution < -0.4 is 0 Å². The van der Waals surface area contributed by atoms with Crippen molar-refractivity contribution in [3.8, 4) is 0 Å². The van der Waals surface area contributed by atoms with Crippen LogP contribution in [0.2, 0.25) is 0 Å². The smallest absolute Gasteiger partial charge is 0.305 e. The fraction of sp³-hybridized carbons (Fsp3) is 0.611. The van der Waals surface area contributed by atoms with Gasteiger partial charge in [0, 0.05) is 0 Å². The summed E-state index contributed by atoms with van der Waals surface area (Å²) in [5.74, 6) is -0.721. The van der Waals surface area contributed by atoms with E-state index in [1.54, 1.807) is 0 Å². The van der Waals surface area contributed by atoms with E-state index in [2.05, 4.69) is 43.9 Å². The predicted octanol–water partition coefficient (Wildman–Crippen LogP) is 3.87. The topological polar surface area (TPSA) is 40.5 Å². The van der Waals surface area contributed by atoms with Crippen LogP contribution in [0.5, 0.6) is 0 Å². The average Bonchev–Trinajstić information content (AvgIpc) is 2.66. The molecule has 116 valence electrons. The second kappa shape index (κ2) is 6.61. The molecule has 1 atom stereocenters. The van der Waals surface area contributed by atoms with E-state index >= 15 is 0 Å². The lowest BCUT2D eigenvalue weighted by Gasteiger charge is -2.41. The number of carboxylic acids is 1. The minimum absolute atomic E-state index is 0.164. The monoisotopic (exact) mass is 289 g/mol. The van der Waals surface area contributed by atoms with E-state index in [-0.39, 0.29) is 6.42 Å². The second-order valence-corrected chi connectivity index (χ2v) is 6.56. The quantitative estimate of drug-likeness (QED) is 0.914. The summed E-state index contributed by atoms with van der Waals surface area (Å²) in [6, 6.07) is 6.38. The van der Waals surface area contributed by atoms with Crippen molar-refractivity contribution in [3.05, 3.63) is 34.9 Å². The van der Waals surface area contributed by atoms with E-state index in [1.807, 2.05) is 0 Å². The summed E-state index contributed by atoms with van der Waals surface area (Å²) in [5.41, 5.74) is 3.18. The van der Waals surface area contributed by atoms with Crippen LogP contribution in [0, 0.1) is 13.8 Å². The van der Waals surface area contributed by atoms with Gasteiger partial charge in [-0.1, -0.05) is 36.6 Å². The first-order chi connectivity index (χ1) is 9.93. The van der Waals surface area contributed by atoms with Crippen molar-refractivity contribution >= 4 is 5.97 Å². The lowest BCUT2D eigenvalue weighted by molar-refractivity contribution is -0.140. The van der Waals surface area contributed by atoms with Crippen LogP contribution in [0.4, 0.5) is 0 Å². The molecule has 2 rings (SSSR count). The van der Waals surface area contributed by atoms with Crippen LogP contribution >= 0.6 is 0 Å². The number of hydrogen-bond donors (Lipinski definition) is 1. The maximum Gasteiger partial charge on any atom is 0.305 e. The van der Waals surface area contributed by atoms with E-state index in [4.69, 9.17) is 0 Å². The molecule has 3 nitrogen and oxygen atoms in total.